The average molecular weight is 284 g/mol. The third kappa shape index (κ3) is 3.12. The fourth-order valence-corrected chi connectivity index (χ4v) is 3.39. The van der Waals surface area contributed by atoms with Crippen molar-refractivity contribution in [1.29, 1.82) is 0 Å². The summed E-state index contributed by atoms with van der Waals surface area (Å²) in [5, 5.41) is 3.72. The summed E-state index contributed by atoms with van der Waals surface area (Å²) in [6.45, 7) is 6.59. The van der Waals surface area contributed by atoms with Crippen molar-refractivity contribution in [3.05, 3.63) is 36.4 Å². The molecule has 112 valence electrons. The van der Waals surface area contributed by atoms with Crippen LogP contribution in [0.3, 0.4) is 0 Å². The zero-order valence-corrected chi connectivity index (χ0v) is 13.1. The lowest BCUT2D eigenvalue weighted by Gasteiger charge is -2.35. The van der Waals surface area contributed by atoms with Gasteiger partial charge in [-0.25, -0.2) is 4.98 Å². The van der Waals surface area contributed by atoms with Crippen LogP contribution in [0.5, 0.6) is 0 Å². The molecule has 1 heterocycles. The number of anilines is 1. The highest BCUT2D eigenvalue weighted by molar-refractivity contribution is 5.62. The van der Waals surface area contributed by atoms with Gasteiger partial charge in [0.2, 0.25) is 0 Å². The quantitative estimate of drug-likeness (QED) is 0.872. The van der Waals surface area contributed by atoms with E-state index in [1.807, 2.05) is 6.92 Å². The number of rotatable bonds is 3. The fraction of sp³-hybridized carbons (Fsp3) is 0.500. The normalized spacial score (nSPS) is 25.8. The zero-order valence-electron chi connectivity index (χ0n) is 13.1. The molecule has 0 saturated heterocycles. The highest BCUT2D eigenvalue weighted by Gasteiger charge is 2.27. The second-order valence-electron chi connectivity index (χ2n) is 6.38. The van der Waals surface area contributed by atoms with E-state index in [-0.39, 0.29) is 0 Å². The first-order chi connectivity index (χ1) is 10.1. The Morgan fingerprint density at radius 1 is 1.10 bits per heavy atom. The Labute approximate surface area is 126 Å². The van der Waals surface area contributed by atoms with E-state index in [2.05, 4.69) is 48.4 Å². The van der Waals surface area contributed by atoms with Gasteiger partial charge in [-0.15, -0.1) is 0 Å². The second-order valence-corrected chi connectivity index (χ2v) is 6.38. The lowest BCUT2D eigenvalue weighted by molar-refractivity contribution is 0.268. The molecule has 1 aliphatic rings. The van der Waals surface area contributed by atoms with Crippen molar-refractivity contribution in [1.82, 2.24) is 4.98 Å². The van der Waals surface area contributed by atoms with Crippen molar-refractivity contribution >= 4 is 5.69 Å². The summed E-state index contributed by atoms with van der Waals surface area (Å²) >= 11 is 0. The van der Waals surface area contributed by atoms with Gasteiger partial charge in [-0.05, 0) is 36.8 Å². The molecule has 3 heteroatoms. The van der Waals surface area contributed by atoms with E-state index >= 15 is 0 Å². The molecule has 0 bridgehead atoms. The molecule has 1 fully saturated rings. The van der Waals surface area contributed by atoms with E-state index in [1.165, 1.54) is 24.9 Å². The largest absolute Gasteiger partial charge is 0.449 e. The monoisotopic (exact) mass is 284 g/mol. The minimum absolute atomic E-state index is 0.582. The van der Waals surface area contributed by atoms with Gasteiger partial charge < -0.3 is 9.73 Å². The van der Waals surface area contributed by atoms with Crippen molar-refractivity contribution in [2.75, 3.05) is 5.32 Å². The Hall–Kier alpha value is -1.77. The van der Waals surface area contributed by atoms with Crippen molar-refractivity contribution in [3.63, 3.8) is 0 Å². The Kier molecular flexibility index (Phi) is 4.00. The molecule has 0 radical (unpaired) electrons. The highest BCUT2D eigenvalue weighted by Crippen LogP contribution is 2.31. The molecule has 1 aliphatic carbocycles. The van der Waals surface area contributed by atoms with Gasteiger partial charge in [-0.2, -0.15) is 0 Å². The summed E-state index contributed by atoms with van der Waals surface area (Å²) in [4.78, 5) is 4.36. The van der Waals surface area contributed by atoms with Crippen LogP contribution in [0, 0.1) is 18.8 Å². The minimum atomic E-state index is 0.582. The number of hydrogen-bond donors (Lipinski definition) is 1. The van der Waals surface area contributed by atoms with Gasteiger partial charge in [0.25, 0.3) is 0 Å². The second kappa shape index (κ2) is 5.92. The smallest absolute Gasteiger partial charge is 0.191 e. The Morgan fingerprint density at radius 3 is 2.33 bits per heavy atom. The summed E-state index contributed by atoms with van der Waals surface area (Å²) in [6, 6.07) is 9.09. The number of oxazole rings is 1. The Morgan fingerprint density at radius 2 is 1.76 bits per heavy atom. The molecule has 1 N–H and O–H groups in total. The number of nitrogens with zero attached hydrogens (tertiary/aromatic N) is 1. The van der Waals surface area contributed by atoms with E-state index < -0.39 is 0 Å². The summed E-state index contributed by atoms with van der Waals surface area (Å²) < 4.78 is 5.27. The summed E-state index contributed by atoms with van der Waals surface area (Å²) in [5.74, 6) is 2.19. The summed E-state index contributed by atoms with van der Waals surface area (Å²) in [5.41, 5.74) is 3.20. The summed E-state index contributed by atoms with van der Waals surface area (Å²) in [6.07, 6.45) is 5.74. The number of aromatic nitrogens is 1. The lowest BCUT2D eigenvalue weighted by Crippen LogP contribution is -2.36. The van der Waals surface area contributed by atoms with Gasteiger partial charge in [-0.3, -0.25) is 0 Å². The molecule has 0 aliphatic heterocycles. The number of hydrogen-bond acceptors (Lipinski definition) is 3. The maximum atomic E-state index is 5.27. The number of nitrogens with one attached hydrogen (secondary N) is 1. The lowest BCUT2D eigenvalue weighted by atomic mass is 9.78. The Balaban J connectivity index is 1.72. The predicted molar refractivity (Wildman–Crippen MR) is 86.3 cm³/mol. The molecule has 1 aromatic heterocycles. The third-order valence-electron chi connectivity index (χ3n) is 4.68. The molecule has 0 amide bonds. The van der Waals surface area contributed by atoms with Gasteiger partial charge in [0, 0.05) is 24.2 Å². The van der Waals surface area contributed by atoms with Crippen LogP contribution in [0.4, 0.5) is 5.69 Å². The molecule has 2 aromatic rings. The van der Waals surface area contributed by atoms with Crippen molar-refractivity contribution in [3.8, 4) is 11.3 Å². The zero-order chi connectivity index (χ0) is 14.8. The molecule has 3 rings (SSSR count). The first-order valence-corrected chi connectivity index (χ1v) is 7.92. The SMILES string of the molecule is Cc1nc(-c2ccc(NC3C(C)CCCC3C)cc2)co1. The van der Waals surface area contributed by atoms with Gasteiger partial charge >= 0.3 is 0 Å². The standard InChI is InChI=1S/C18H24N2O/c1-12-5-4-6-13(2)18(12)20-16-9-7-15(8-10-16)17-11-21-14(3)19-17/h7-13,18,20H,4-6H2,1-3H3. The highest BCUT2D eigenvalue weighted by atomic mass is 16.3. The number of benzene rings is 1. The van der Waals surface area contributed by atoms with E-state index in [4.69, 9.17) is 4.42 Å². The number of aryl methyl sites for hydroxylation is 1. The molecular weight excluding hydrogens is 260 g/mol. The third-order valence-corrected chi connectivity index (χ3v) is 4.68. The summed E-state index contributed by atoms with van der Waals surface area (Å²) in [7, 11) is 0. The maximum absolute atomic E-state index is 5.27. The molecule has 2 atom stereocenters. The maximum Gasteiger partial charge on any atom is 0.191 e. The van der Waals surface area contributed by atoms with Gasteiger partial charge in [0.15, 0.2) is 5.89 Å². The Bertz CT molecular complexity index is 578. The predicted octanol–water partition coefficient (Wildman–Crippen LogP) is 4.89. The van der Waals surface area contributed by atoms with Crippen molar-refractivity contribution in [2.24, 2.45) is 11.8 Å². The van der Waals surface area contributed by atoms with Crippen molar-refractivity contribution < 1.29 is 4.42 Å². The van der Waals surface area contributed by atoms with Crippen LogP contribution in [0.2, 0.25) is 0 Å². The van der Waals surface area contributed by atoms with Gasteiger partial charge in [0.05, 0.1) is 0 Å². The van der Waals surface area contributed by atoms with E-state index in [0.29, 0.717) is 11.9 Å². The topological polar surface area (TPSA) is 38.1 Å². The fourth-order valence-electron chi connectivity index (χ4n) is 3.39. The van der Waals surface area contributed by atoms with Crippen LogP contribution in [-0.2, 0) is 0 Å². The van der Waals surface area contributed by atoms with E-state index in [1.54, 1.807) is 6.26 Å². The molecule has 3 nitrogen and oxygen atoms in total. The van der Waals surface area contributed by atoms with Crippen molar-refractivity contribution in [2.45, 2.75) is 46.1 Å². The molecule has 1 aromatic carbocycles. The van der Waals surface area contributed by atoms with Gasteiger partial charge in [0.1, 0.15) is 12.0 Å². The van der Waals surface area contributed by atoms with Crippen LogP contribution < -0.4 is 5.32 Å². The van der Waals surface area contributed by atoms with Crippen LogP contribution >= 0.6 is 0 Å². The minimum Gasteiger partial charge on any atom is -0.449 e. The van der Waals surface area contributed by atoms with Gasteiger partial charge in [-0.1, -0.05) is 32.4 Å². The van der Waals surface area contributed by atoms with Crippen LogP contribution in [0.25, 0.3) is 11.3 Å². The molecule has 2 unspecified atom stereocenters. The van der Waals surface area contributed by atoms with E-state index in [9.17, 15) is 0 Å². The van der Waals surface area contributed by atoms with Crippen LogP contribution in [0.15, 0.2) is 34.9 Å². The van der Waals surface area contributed by atoms with Crippen LogP contribution in [-0.4, -0.2) is 11.0 Å². The molecule has 21 heavy (non-hydrogen) atoms. The van der Waals surface area contributed by atoms with Crippen LogP contribution in [0.1, 0.15) is 39.0 Å². The molecule has 1 saturated carbocycles. The molecule has 0 spiro atoms. The van der Waals surface area contributed by atoms with E-state index in [0.717, 1.165) is 23.1 Å². The first-order valence-electron chi connectivity index (χ1n) is 7.92. The first kappa shape index (κ1) is 14.2. The molecular formula is C18H24N2O. The average Bonchev–Trinajstić information content (AvgIpc) is 2.90.